The molecule has 0 amide bonds. The van der Waals surface area contributed by atoms with Crippen LogP contribution in [0.15, 0.2) is 11.6 Å². The SMILES string of the molecule is CC(=CCCN(C)C)C(=O)[O-].C[NH3+].C[NH3+].[Cl-]. The highest BCUT2D eigenvalue weighted by Crippen LogP contribution is 1.93. The van der Waals surface area contributed by atoms with Crippen LogP contribution in [0.25, 0.3) is 0 Å². The topological polar surface area (TPSA) is 98.7 Å². The van der Waals surface area contributed by atoms with Crippen molar-refractivity contribution >= 4 is 5.97 Å². The summed E-state index contributed by atoms with van der Waals surface area (Å²) in [6.45, 7) is 2.41. The second kappa shape index (κ2) is 19.9. The summed E-state index contributed by atoms with van der Waals surface area (Å²) in [7, 11) is 7.39. The van der Waals surface area contributed by atoms with Crippen LogP contribution in [0.4, 0.5) is 0 Å². The molecule has 0 aliphatic rings. The first-order chi connectivity index (χ1) is 7.04. The van der Waals surface area contributed by atoms with E-state index in [0.29, 0.717) is 5.57 Å². The molecule has 0 saturated carbocycles. The summed E-state index contributed by atoms with van der Waals surface area (Å²) in [6, 6.07) is 0. The lowest BCUT2D eigenvalue weighted by atomic mass is 10.2. The highest BCUT2D eigenvalue weighted by atomic mass is 35.5. The number of halogens is 1. The van der Waals surface area contributed by atoms with Gasteiger partial charge in [0, 0.05) is 6.54 Å². The van der Waals surface area contributed by atoms with E-state index < -0.39 is 5.97 Å². The van der Waals surface area contributed by atoms with Gasteiger partial charge in [-0.15, -0.1) is 0 Å². The van der Waals surface area contributed by atoms with E-state index in [1.54, 1.807) is 27.1 Å². The molecule has 0 saturated heterocycles. The van der Waals surface area contributed by atoms with Gasteiger partial charge in [0.15, 0.2) is 0 Å². The average molecular weight is 256 g/mol. The maximum atomic E-state index is 10.2. The molecule has 100 valence electrons. The molecule has 6 N–H and O–H groups in total. The maximum absolute atomic E-state index is 10.2. The van der Waals surface area contributed by atoms with Crippen molar-refractivity contribution in [3.05, 3.63) is 11.6 Å². The van der Waals surface area contributed by atoms with E-state index in [2.05, 4.69) is 11.5 Å². The number of quaternary nitrogens is 2. The van der Waals surface area contributed by atoms with Crippen LogP contribution in [0, 0.1) is 0 Å². The van der Waals surface area contributed by atoms with E-state index >= 15 is 0 Å². The van der Waals surface area contributed by atoms with Crippen molar-refractivity contribution in [2.45, 2.75) is 13.3 Å². The number of carbonyl (C=O) groups excluding carboxylic acids is 1. The van der Waals surface area contributed by atoms with Gasteiger partial charge in [0.05, 0.1) is 20.1 Å². The summed E-state index contributed by atoms with van der Waals surface area (Å²) < 4.78 is 0. The first-order valence-electron chi connectivity index (χ1n) is 4.98. The molecule has 6 heteroatoms. The summed E-state index contributed by atoms with van der Waals surface area (Å²) >= 11 is 0. The summed E-state index contributed by atoms with van der Waals surface area (Å²) in [6.07, 6.45) is 2.43. The Morgan fingerprint density at radius 3 is 1.88 bits per heavy atom. The Kier molecular flexibility index (Phi) is 30.5. The Morgan fingerprint density at radius 2 is 1.62 bits per heavy atom. The van der Waals surface area contributed by atoms with Gasteiger partial charge in [0.2, 0.25) is 0 Å². The summed E-state index contributed by atoms with van der Waals surface area (Å²) in [5, 5.41) is 10.2. The lowest BCUT2D eigenvalue weighted by Gasteiger charge is -2.07. The van der Waals surface area contributed by atoms with Crippen molar-refractivity contribution in [3.8, 4) is 0 Å². The van der Waals surface area contributed by atoms with Crippen molar-refractivity contribution in [2.75, 3.05) is 34.7 Å². The lowest BCUT2D eigenvalue weighted by molar-refractivity contribution is -0.325. The van der Waals surface area contributed by atoms with E-state index in [9.17, 15) is 9.90 Å². The van der Waals surface area contributed by atoms with Gasteiger partial charge in [0.1, 0.15) is 0 Å². The number of hydrogen-bond donors (Lipinski definition) is 2. The molecule has 16 heavy (non-hydrogen) atoms. The molecule has 0 aliphatic carbocycles. The molecule has 0 rings (SSSR count). The predicted molar refractivity (Wildman–Crippen MR) is 59.6 cm³/mol. The third kappa shape index (κ3) is 23.3. The van der Waals surface area contributed by atoms with E-state index in [1.807, 2.05) is 19.0 Å². The number of rotatable bonds is 4. The van der Waals surface area contributed by atoms with Crippen LogP contribution < -0.4 is 29.0 Å². The minimum absolute atomic E-state index is 0. The Hall–Kier alpha value is -0.620. The predicted octanol–water partition coefficient (Wildman–Crippen LogP) is -5.65. The quantitative estimate of drug-likeness (QED) is 0.490. The largest absolute Gasteiger partial charge is 1.00 e. The van der Waals surface area contributed by atoms with Gasteiger partial charge in [-0.2, -0.15) is 0 Å². The van der Waals surface area contributed by atoms with E-state index in [0.717, 1.165) is 13.0 Å². The Bertz CT molecular complexity index is 173. The molecule has 0 bridgehead atoms. The molecule has 0 spiro atoms. The van der Waals surface area contributed by atoms with E-state index in [1.165, 1.54) is 0 Å². The zero-order valence-corrected chi connectivity index (χ0v) is 11.8. The second-order valence-corrected chi connectivity index (χ2v) is 2.77. The zero-order valence-electron chi connectivity index (χ0n) is 11.0. The van der Waals surface area contributed by atoms with Crippen LogP contribution in [0.2, 0.25) is 0 Å². The standard InChI is InChI=1S/C8H15NO2.2CH5N.ClH/c1-7(8(10)11)5-4-6-9(2)3;2*1-2;/h5H,4,6H2,1-3H3,(H,10,11);2*2H2,1H3;1H. The van der Waals surface area contributed by atoms with Crippen molar-refractivity contribution in [1.29, 1.82) is 0 Å². The third-order valence-electron chi connectivity index (χ3n) is 1.35. The van der Waals surface area contributed by atoms with Gasteiger partial charge in [0.25, 0.3) is 0 Å². The highest BCUT2D eigenvalue weighted by molar-refractivity contribution is 5.83. The minimum atomic E-state index is -1.08. The van der Waals surface area contributed by atoms with Crippen LogP contribution in [0.3, 0.4) is 0 Å². The molecule has 0 aliphatic heterocycles. The van der Waals surface area contributed by atoms with Crippen LogP contribution in [-0.4, -0.2) is 45.6 Å². The minimum Gasteiger partial charge on any atom is -1.00 e. The Labute approximate surface area is 105 Å². The first kappa shape index (κ1) is 24.6. The van der Waals surface area contributed by atoms with Crippen molar-refractivity contribution in [2.24, 2.45) is 0 Å². The molecule has 0 atom stereocenters. The zero-order chi connectivity index (χ0) is 12.9. The average Bonchev–Trinajstić information content (AvgIpc) is 2.23. The second-order valence-electron chi connectivity index (χ2n) is 2.77. The number of hydrogen-bond acceptors (Lipinski definition) is 3. The van der Waals surface area contributed by atoms with Crippen LogP contribution in [0.1, 0.15) is 13.3 Å². The number of carboxylic acid groups (broad SMARTS) is 1. The molecule has 0 aromatic heterocycles. The molecule has 0 radical (unpaired) electrons. The van der Waals surface area contributed by atoms with Gasteiger partial charge in [-0.3, -0.25) is 0 Å². The van der Waals surface area contributed by atoms with Gasteiger partial charge in [-0.05, 0) is 33.0 Å². The van der Waals surface area contributed by atoms with Gasteiger partial charge in [-0.25, -0.2) is 0 Å². The van der Waals surface area contributed by atoms with Gasteiger partial charge >= 0.3 is 0 Å². The Morgan fingerprint density at radius 1 is 1.25 bits per heavy atom. The summed E-state index contributed by atoms with van der Waals surface area (Å²) in [5.41, 5.74) is 6.81. The van der Waals surface area contributed by atoms with Crippen LogP contribution >= 0.6 is 0 Å². The monoisotopic (exact) mass is 255 g/mol. The molecule has 0 aromatic carbocycles. The van der Waals surface area contributed by atoms with Crippen molar-refractivity contribution < 1.29 is 33.8 Å². The van der Waals surface area contributed by atoms with Crippen molar-refractivity contribution in [3.63, 3.8) is 0 Å². The number of carboxylic acids is 1. The molecular weight excluding hydrogens is 230 g/mol. The van der Waals surface area contributed by atoms with Gasteiger partial charge in [-0.1, -0.05) is 6.08 Å². The molecule has 0 fully saturated rings. The molecule has 5 nitrogen and oxygen atoms in total. The third-order valence-corrected chi connectivity index (χ3v) is 1.35. The smallest absolute Gasteiger partial charge is 0.0668 e. The fourth-order valence-electron chi connectivity index (χ4n) is 0.623. The first-order valence-corrected chi connectivity index (χ1v) is 4.98. The summed E-state index contributed by atoms with van der Waals surface area (Å²) in [5.74, 6) is -1.08. The molecule has 0 aromatic rings. The van der Waals surface area contributed by atoms with Gasteiger partial charge < -0.3 is 38.7 Å². The summed E-state index contributed by atoms with van der Waals surface area (Å²) in [4.78, 5) is 12.2. The lowest BCUT2D eigenvalue weighted by Crippen LogP contribution is -3.00. The number of aliphatic carboxylic acids is 1. The fourth-order valence-corrected chi connectivity index (χ4v) is 0.623. The van der Waals surface area contributed by atoms with E-state index in [4.69, 9.17) is 0 Å². The maximum Gasteiger partial charge on any atom is 0.0668 e. The fraction of sp³-hybridized carbons (Fsp3) is 0.700. The molecule has 0 heterocycles. The molecule has 0 unspecified atom stereocenters. The van der Waals surface area contributed by atoms with Crippen LogP contribution in [-0.2, 0) is 4.79 Å². The molecular formula is C10H26ClN3O2. The normalized spacial score (nSPS) is 9.12. The Balaban J connectivity index is -0.000000129. The van der Waals surface area contributed by atoms with Crippen LogP contribution in [0.5, 0.6) is 0 Å². The van der Waals surface area contributed by atoms with E-state index in [-0.39, 0.29) is 12.4 Å². The number of carbonyl (C=O) groups is 1. The van der Waals surface area contributed by atoms with Crippen molar-refractivity contribution in [1.82, 2.24) is 4.90 Å². The number of nitrogens with zero attached hydrogens (tertiary/aromatic N) is 1. The highest BCUT2D eigenvalue weighted by Gasteiger charge is 1.89.